The lowest BCUT2D eigenvalue weighted by atomic mass is 10.1. The molecule has 3 nitrogen and oxygen atoms in total. The predicted octanol–water partition coefficient (Wildman–Crippen LogP) is 5.05. The summed E-state index contributed by atoms with van der Waals surface area (Å²) >= 11 is 0. The van der Waals surface area contributed by atoms with Gasteiger partial charge in [-0.25, -0.2) is 0 Å². The van der Waals surface area contributed by atoms with Crippen LogP contribution in [0.4, 0.5) is 0 Å². The number of hydrogen-bond donors (Lipinski definition) is 1. The Morgan fingerprint density at radius 1 is 1.04 bits per heavy atom. The largest absolute Gasteiger partial charge is 0.513 e. The van der Waals surface area contributed by atoms with Gasteiger partial charge in [0.15, 0.2) is 0 Å². The molecule has 0 saturated heterocycles. The van der Waals surface area contributed by atoms with Crippen molar-refractivity contribution in [2.45, 2.75) is 33.4 Å². The van der Waals surface area contributed by atoms with Crippen molar-refractivity contribution in [3.8, 4) is 12.8 Å². The minimum absolute atomic E-state index is 0.0946. The van der Waals surface area contributed by atoms with Gasteiger partial charge in [0.1, 0.15) is 0 Å². The molecule has 0 aliphatic carbocycles. The Balaban J connectivity index is 0.000000454. The van der Waals surface area contributed by atoms with Crippen molar-refractivity contribution in [3.05, 3.63) is 95.3 Å². The van der Waals surface area contributed by atoms with Gasteiger partial charge in [-0.2, -0.15) is 0 Å². The van der Waals surface area contributed by atoms with Crippen LogP contribution in [0.2, 0.25) is 0 Å². The fourth-order valence-corrected chi connectivity index (χ4v) is 2.50. The van der Waals surface area contributed by atoms with Crippen LogP contribution in [0, 0.1) is 12.8 Å². The molecule has 1 heterocycles. The SMILES string of the molecule is C#C.C/C=C(\C)O.O=C(/C=C/Cc1ccccc1)N1Cc2ccccc2C1. The van der Waals surface area contributed by atoms with Gasteiger partial charge < -0.3 is 10.0 Å². The van der Waals surface area contributed by atoms with E-state index in [-0.39, 0.29) is 5.91 Å². The summed E-state index contributed by atoms with van der Waals surface area (Å²) in [6, 6.07) is 18.4. The van der Waals surface area contributed by atoms with E-state index in [1.54, 1.807) is 26.0 Å². The van der Waals surface area contributed by atoms with Crippen molar-refractivity contribution >= 4 is 5.91 Å². The first kappa shape index (κ1) is 21.8. The van der Waals surface area contributed by atoms with Gasteiger partial charge in [0.25, 0.3) is 0 Å². The van der Waals surface area contributed by atoms with Gasteiger partial charge in [0.2, 0.25) is 5.91 Å². The fourth-order valence-electron chi connectivity index (χ4n) is 2.50. The molecule has 3 heteroatoms. The lowest BCUT2D eigenvalue weighted by Crippen LogP contribution is -2.23. The number of amides is 1. The number of allylic oxidation sites excluding steroid dienone is 3. The van der Waals surface area contributed by atoms with E-state index in [4.69, 9.17) is 5.11 Å². The third-order valence-corrected chi connectivity index (χ3v) is 4.03. The molecule has 0 fully saturated rings. The van der Waals surface area contributed by atoms with Crippen LogP contribution >= 0.6 is 0 Å². The summed E-state index contributed by atoms with van der Waals surface area (Å²) in [4.78, 5) is 14.0. The summed E-state index contributed by atoms with van der Waals surface area (Å²) in [5, 5.41) is 8.22. The van der Waals surface area contributed by atoms with Crippen molar-refractivity contribution < 1.29 is 9.90 Å². The van der Waals surface area contributed by atoms with Gasteiger partial charge in [0, 0.05) is 13.1 Å². The normalized spacial score (nSPS) is 12.4. The Hall–Kier alpha value is -3.25. The molecule has 2 aromatic rings. The van der Waals surface area contributed by atoms with E-state index < -0.39 is 0 Å². The molecule has 140 valence electrons. The van der Waals surface area contributed by atoms with E-state index in [2.05, 4.69) is 37.1 Å². The lowest BCUT2D eigenvalue weighted by molar-refractivity contribution is -0.126. The van der Waals surface area contributed by atoms with Crippen LogP contribution in [-0.4, -0.2) is 15.9 Å². The highest BCUT2D eigenvalue weighted by Gasteiger charge is 2.20. The Morgan fingerprint density at radius 2 is 1.52 bits per heavy atom. The maximum atomic E-state index is 12.1. The second-order valence-corrected chi connectivity index (χ2v) is 5.99. The third kappa shape index (κ3) is 7.66. The highest BCUT2D eigenvalue weighted by Crippen LogP contribution is 2.22. The van der Waals surface area contributed by atoms with Crippen molar-refractivity contribution in [1.29, 1.82) is 0 Å². The zero-order valence-corrected chi connectivity index (χ0v) is 16.0. The highest BCUT2D eigenvalue weighted by atomic mass is 16.3. The van der Waals surface area contributed by atoms with E-state index in [0.29, 0.717) is 5.76 Å². The van der Waals surface area contributed by atoms with Gasteiger partial charge in [-0.1, -0.05) is 66.7 Å². The molecular formula is C24H27NO2. The molecule has 0 saturated carbocycles. The number of carbonyl (C=O) groups excluding carboxylic acids is 1. The van der Waals surface area contributed by atoms with E-state index in [1.807, 2.05) is 41.3 Å². The monoisotopic (exact) mass is 361 g/mol. The summed E-state index contributed by atoms with van der Waals surface area (Å²) in [5.41, 5.74) is 3.75. The van der Waals surface area contributed by atoms with Gasteiger partial charge in [-0.15, -0.1) is 12.8 Å². The highest BCUT2D eigenvalue weighted by molar-refractivity contribution is 5.88. The molecule has 0 atom stereocenters. The first-order valence-corrected chi connectivity index (χ1v) is 8.81. The number of hydrogen-bond acceptors (Lipinski definition) is 2. The molecule has 0 spiro atoms. The molecular weight excluding hydrogens is 334 g/mol. The average Bonchev–Trinajstić information content (AvgIpc) is 3.15. The van der Waals surface area contributed by atoms with Crippen LogP contribution < -0.4 is 0 Å². The van der Waals surface area contributed by atoms with Crippen LogP contribution in [0.5, 0.6) is 0 Å². The second-order valence-electron chi connectivity index (χ2n) is 5.99. The summed E-state index contributed by atoms with van der Waals surface area (Å²) in [7, 11) is 0. The second kappa shape index (κ2) is 12.2. The number of benzene rings is 2. The summed E-state index contributed by atoms with van der Waals surface area (Å²) in [5.74, 6) is 0.474. The molecule has 0 bridgehead atoms. The van der Waals surface area contributed by atoms with Crippen LogP contribution in [0.1, 0.15) is 30.5 Å². The Bertz CT molecular complexity index is 759. The number of aliphatic hydroxyl groups excluding tert-OH is 1. The molecule has 27 heavy (non-hydrogen) atoms. The molecule has 2 aromatic carbocycles. The van der Waals surface area contributed by atoms with Crippen molar-refractivity contribution in [3.63, 3.8) is 0 Å². The van der Waals surface area contributed by atoms with Gasteiger partial charge in [0.05, 0.1) is 5.76 Å². The van der Waals surface area contributed by atoms with Crippen molar-refractivity contribution in [2.24, 2.45) is 0 Å². The number of carbonyl (C=O) groups is 1. The smallest absolute Gasteiger partial charge is 0.246 e. The van der Waals surface area contributed by atoms with Crippen molar-refractivity contribution in [1.82, 2.24) is 4.90 Å². The maximum absolute atomic E-state index is 12.1. The van der Waals surface area contributed by atoms with Crippen molar-refractivity contribution in [2.75, 3.05) is 0 Å². The third-order valence-electron chi connectivity index (χ3n) is 4.03. The lowest BCUT2D eigenvalue weighted by Gasteiger charge is -2.12. The Morgan fingerprint density at radius 3 is 2.00 bits per heavy atom. The Kier molecular flexibility index (Phi) is 9.81. The molecule has 0 aromatic heterocycles. The van der Waals surface area contributed by atoms with Gasteiger partial charge in [-0.05, 0) is 43.0 Å². The number of rotatable bonds is 3. The molecule has 1 N–H and O–H groups in total. The standard InChI is InChI=1S/C18H17NO.C4H8O.C2H2/c20-18(12-6-9-15-7-2-1-3-8-15)19-13-16-10-4-5-11-17(16)14-19;1-3-4(2)5;1-2/h1-8,10-12H,9,13-14H2;3,5H,1-2H3;1-2H/b12-6+;4-3+;. The topological polar surface area (TPSA) is 40.5 Å². The summed E-state index contributed by atoms with van der Waals surface area (Å²) in [6.45, 7) is 4.88. The number of nitrogens with zero attached hydrogens (tertiary/aromatic N) is 1. The quantitative estimate of drug-likeness (QED) is 0.472. The van der Waals surface area contributed by atoms with Crippen LogP contribution in [-0.2, 0) is 24.3 Å². The molecule has 1 aliphatic rings. The zero-order valence-electron chi connectivity index (χ0n) is 16.0. The maximum Gasteiger partial charge on any atom is 0.246 e. The zero-order chi connectivity index (χ0) is 20.1. The van der Waals surface area contributed by atoms with E-state index in [1.165, 1.54) is 16.7 Å². The minimum atomic E-state index is 0.0946. The first-order valence-electron chi connectivity index (χ1n) is 8.81. The number of terminal acetylenes is 1. The van der Waals surface area contributed by atoms with Gasteiger partial charge in [-0.3, -0.25) is 4.79 Å². The predicted molar refractivity (Wildman–Crippen MR) is 112 cm³/mol. The van der Waals surface area contributed by atoms with Crippen LogP contribution in [0.25, 0.3) is 0 Å². The van der Waals surface area contributed by atoms with E-state index in [9.17, 15) is 4.79 Å². The fraction of sp³-hybridized carbons (Fsp3) is 0.208. The molecule has 1 amide bonds. The number of aliphatic hydroxyl groups is 1. The average molecular weight is 361 g/mol. The summed E-state index contributed by atoms with van der Waals surface area (Å²) in [6.07, 6.45) is 14.1. The number of fused-ring (bicyclic) bond motifs is 1. The van der Waals surface area contributed by atoms with Crippen LogP contribution in [0.3, 0.4) is 0 Å². The van der Waals surface area contributed by atoms with Crippen LogP contribution in [0.15, 0.2) is 78.6 Å². The summed E-state index contributed by atoms with van der Waals surface area (Å²) < 4.78 is 0. The molecule has 3 rings (SSSR count). The van der Waals surface area contributed by atoms with E-state index in [0.717, 1.165) is 19.5 Å². The van der Waals surface area contributed by atoms with Gasteiger partial charge >= 0.3 is 0 Å². The molecule has 1 aliphatic heterocycles. The molecule has 0 radical (unpaired) electrons. The Labute approximate surface area is 162 Å². The minimum Gasteiger partial charge on any atom is -0.513 e. The van der Waals surface area contributed by atoms with E-state index >= 15 is 0 Å². The molecule has 0 unspecified atom stereocenters. The first-order chi connectivity index (χ1) is 13.1.